The molecule has 0 aliphatic rings. The van der Waals surface area contributed by atoms with Crippen molar-refractivity contribution in [3.05, 3.63) is 51.2 Å². The highest BCUT2D eigenvalue weighted by Gasteiger charge is 2.21. The molecular weight excluding hydrogens is 334 g/mol. The lowest BCUT2D eigenvalue weighted by atomic mass is 10.2. The fourth-order valence-electron chi connectivity index (χ4n) is 2.49. The van der Waals surface area contributed by atoms with Crippen LogP contribution in [0.1, 0.15) is 24.5 Å². The molecule has 24 heavy (non-hydrogen) atoms. The number of rotatable bonds is 3. The molecule has 8 nitrogen and oxygen atoms in total. The van der Waals surface area contributed by atoms with E-state index >= 15 is 0 Å². The summed E-state index contributed by atoms with van der Waals surface area (Å²) in [5.74, 6) is 0.546. The number of amides is 1. The molecule has 1 amide bonds. The van der Waals surface area contributed by atoms with Crippen molar-refractivity contribution in [2.24, 2.45) is 0 Å². The largest absolute Gasteiger partial charge is 0.465 e. The molecule has 0 saturated carbocycles. The number of aromatic nitrogens is 4. The molecule has 0 saturated heterocycles. The number of aromatic amines is 1. The molecule has 0 bridgehead atoms. The van der Waals surface area contributed by atoms with Crippen LogP contribution in [0.15, 0.2) is 29.1 Å². The number of carboxylic acid groups (broad SMARTS) is 1. The predicted molar refractivity (Wildman–Crippen MR) is 88.8 cm³/mol. The molecule has 9 heteroatoms. The van der Waals surface area contributed by atoms with E-state index in [1.165, 1.54) is 4.57 Å². The third kappa shape index (κ3) is 2.71. The maximum Gasteiger partial charge on any atom is 0.405 e. The van der Waals surface area contributed by atoms with Crippen LogP contribution in [0.4, 0.5) is 4.79 Å². The van der Waals surface area contributed by atoms with Gasteiger partial charge in [-0.05, 0) is 26.0 Å². The molecule has 0 spiro atoms. The molecule has 1 atom stereocenters. The lowest BCUT2D eigenvalue weighted by Crippen LogP contribution is -2.32. The van der Waals surface area contributed by atoms with Crippen molar-refractivity contribution < 1.29 is 9.90 Å². The summed E-state index contributed by atoms with van der Waals surface area (Å²) in [6.45, 7) is 3.39. The van der Waals surface area contributed by atoms with E-state index in [-0.39, 0.29) is 16.2 Å². The van der Waals surface area contributed by atoms with Crippen molar-refractivity contribution >= 4 is 28.6 Å². The molecule has 3 N–H and O–H groups in total. The molecule has 0 fully saturated rings. The monoisotopic (exact) mass is 347 g/mol. The Morgan fingerprint density at radius 1 is 1.46 bits per heavy atom. The Labute approximate surface area is 141 Å². The maximum absolute atomic E-state index is 13.0. The Kier molecular flexibility index (Phi) is 3.98. The SMILES string of the molecule is Cc1cc(-n2c(C(C)NC(=O)O)nc3cccc(Cl)c3c2=O)n[nH]1. The number of nitrogens with one attached hydrogen (secondary N) is 2. The Balaban J connectivity index is 2.36. The van der Waals surface area contributed by atoms with E-state index in [0.717, 1.165) is 5.69 Å². The van der Waals surface area contributed by atoms with Gasteiger partial charge in [-0.3, -0.25) is 9.89 Å². The Morgan fingerprint density at radius 2 is 2.21 bits per heavy atom. The molecule has 124 valence electrons. The van der Waals surface area contributed by atoms with Crippen LogP contribution in [-0.4, -0.2) is 30.9 Å². The standard InChI is InChI=1S/C15H14ClN5O3/c1-7-6-11(20-19-7)21-13(8(2)17-15(23)24)18-10-5-3-4-9(16)12(10)14(21)22/h3-6,8,17H,1-2H3,(H,19,20)(H,23,24). The molecule has 2 aromatic heterocycles. The number of aryl methyl sites for hydroxylation is 1. The van der Waals surface area contributed by atoms with Crippen molar-refractivity contribution in [3.8, 4) is 5.82 Å². The van der Waals surface area contributed by atoms with E-state index in [9.17, 15) is 9.59 Å². The van der Waals surface area contributed by atoms with E-state index in [1.807, 2.05) is 0 Å². The predicted octanol–water partition coefficient (Wildman–Crippen LogP) is 2.40. The third-order valence-corrected chi connectivity index (χ3v) is 3.84. The first-order chi connectivity index (χ1) is 11.4. The number of hydrogen-bond donors (Lipinski definition) is 3. The third-order valence-electron chi connectivity index (χ3n) is 3.52. The summed E-state index contributed by atoms with van der Waals surface area (Å²) in [6, 6.07) is 5.88. The first-order valence-corrected chi connectivity index (χ1v) is 7.49. The highest BCUT2D eigenvalue weighted by molar-refractivity contribution is 6.35. The van der Waals surface area contributed by atoms with Crippen LogP contribution in [0.25, 0.3) is 16.7 Å². The molecule has 0 aliphatic heterocycles. The van der Waals surface area contributed by atoms with Gasteiger partial charge in [0, 0.05) is 11.8 Å². The van der Waals surface area contributed by atoms with Crippen molar-refractivity contribution in [2.45, 2.75) is 19.9 Å². The normalized spacial score (nSPS) is 12.3. The second-order valence-corrected chi connectivity index (χ2v) is 5.73. The van der Waals surface area contributed by atoms with Crippen LogP contribution in [0.3, 0.4) is 0 Å². The van der Waals surface area contributed by atoms with E-state index in [0.29, 0.717) is 11.3 Å². The molecule has 1 unspecified atom stereocenters. The van der Waals surface area contributed by atoms with Gasteiger partial charge in [-0.2, -0.15) is 5.10 Å². The number of hydrogen-bond acceptors (Lipinski definition) is 4. The Hall–Kier alpha value is -2.87. The van der Waals surface area contributed by atoms with Gasteiger partial charge in [0.15, 0.2) is 5.82 Å². The van der Waals surface area contributed by atoms with Gasteiger partial charge in [-0.15, -0.1) is 0 Å². The van der Waals surface area contributed by atoms with Gasteiger partial charge in [-0.1, -0.05) is 17.7 Å². The van der Waals surface area contributed by atoms with E-state index in [1.54, 1.807) is 38.1 Å². The zero-order chi connectivity index (χ0) is 17.4. The van der Waals surface area contributed by atoms with Gasteiger partial charge in [0.25, 0.3) is 5.56 Å². The van der Waals surface area contributed by atoms with Crippen LogP contribution in [0.2, 0.25) is 5.02 Å². The van der Waals surface area contributed by atoms with Crippen molar-refractivity contribution in [1.29, 1.82) is 0 Å². The van der Waals surface area contributed by atoms with Crippen LogP contribution >= 0.6 is 11.6 Å². The summed E-state index contributed by atoms with van der Waals surface area (Å²) >= 11 is 6.15. The Morgan fingerprint density at radius 3 is 2.83 bits per heavy atom. The number of halogens is 1. The van der Waals surface area contributed by atoms with Crippen molar-refractivity contribution in [1.82, 2.24) is 25.1 Å². The number of fused-ring (bicyclic) bond motifs is 1. The molecule has 3 rings (SSSR count). The highest BCUT2D eigenvalue weighted by Crippen LogP contribution is 2.22. The fourth-order valence-corrected chi connectivity index (χ4v) is 2.74. The molecular formula is C15H14ClN5O3. The number of nitrogens with zero attached hydrogens (tertiary/aromatic N) is 3. The second-order valence-electron chi connectivity index (χ2n) is 5.32. The summed E-state index contributed by atoms with van der Waals surface area (Å²) in [7, 11) is 0. The van der Waals surface area contributed by atoms with Crippen molar-refractivity contribution in [3.63, 3.8) is 0 Å². The second kappa shape index (κ2) is 5.97. The van der Waals surface area contributed by atoms with E-state index in [4.69, 9.17) is 16.7 Å². The van der Waals surface area contributed by atoms with Gasteiger partial charge in [-0.25, -0.2) is 14.3 Å². The lowest BCUT2D eigenvalue weighted by Gasteiger charge is -2.17. The quantitative estimate of drug-likeness (QED) is 0.673. The Bertz CT molecular complexity index is 994. The zero-order valence-electron chi connectivity index (χ0n) is 12.9. The first-order valence-electron chi connectivity index (χ1n) is 7.11. The summed E-state index contributed by atoms with van der Waals surface area (Å²) in [6.07, 6.45) is -1.22. The van der Waals surface area contributed by atoms with Crippen LogP contribution < -0.4 is 10.9 Å². The minimum Gasteiger partial charge on any atom is -0.465 e. The summed E-state index contributed by atoms with van der Waals surface area (Å²) in [5.41, 5.74) is 0.733. The van der Waals surface area contributed by atoms with Gasteiger partial charge in [0.1, 0.15) is 5.82 Å². The van der Waals surface area contributed by atoms with Gasteiger partial charge >= 0.3 is 6.09 Å². The lowest BCUT2D eigenvalue weighted by molar-refractivity contribution is 0.190. The number of carbonyl (C=O) groups is 1. The molecule has 2 heterocycles. The number of H-pyrrole nitrogens is 1. The molecule has 0 aliphatic carbocycles. The van der Waals surface area contributed by atoms with Gasteiger partial charge < -0.3 is 10.4 Å². The zero-order valence-corrected chi connectivity index (χ0v) is 13.6. The minimum absolute atomic E-state index is 0.226. The highest BCUT2D eigenvalue weighted by atomic mass is 35.5. The van der Waals surface area contributed by atoms with E-state index in [2.05, 4.69) is 20.5 Å². The fraction of sp³-hybridized carbons (Fsp3) is 0.200. The summed E-state index contributed by atoms with van der Waals surface area (Å²) in [4.78, 5) is 28.4. The van der Waals surface area contributed by atoms with Crippen molar-refractivity contribution in [2.75, 3.05) is 0 Å². The topological polar surface area (TPSA) is 113 Å². The molecule has 3 aromatic rings. The van der Waals surface area contributed by atoms with Crippen LogP contribution in [-0.2, 0) is 0 Å². The van der Waals surface area contributed by atoms with Crippen LogP contribution in [0, 0.1) is 6.92 Å². The van der Waals surface area contributed by atoms with Gasteiger partial charge in [0.05, 0.1) is 22.0 Å². The smallest absolute Gasteiger partial charge is 0.405 e. The molecule has 0 radical (unpaired) electrons. The minimum atomic E-state index is -1.22. The maximum atomic E-state index is 13.0. The molecule has 1 aromatic carbocycles. The summed E-state index contributed by atoms with van der Waals surface area (Å²) in [5, 5.41) is 18.6. The number of benzene rings is 1. The first kappa shape index (κ1) is 16.0. The van der Waals surface area contributed by atoms with E-state index < -0.39 is 17.7 Å². The van der Waals surface area contributed by atoms with Crippen LogP contribution in [0.5, 0.6) is 0 Å². The summed E-state index contributed by atoms with van der Waals surface area (Å²) < 4.78 is 1.26. The average molecular weight is 348 g/mol. The van der Waals surface area contributed by atoms with Gasteiger partial charge in [0.2, 0.25) is 0 Å². The average Bonchev–Trinajstić information content (AvgIpc) is 2.92.